The summed E-state index contributed by atoms with van der Waals surface area (Å²) in [4.78, 5) is 9.38. The van der Waals surface area contributed by atoms with Crippen molar-refractivity contribution in [1.82, 2.24) is 15.5 Å². The lowest BCUT2D eigenvalue weighted by atomic mass is 10.0. The highest BCUT2D eigenvalue weighted by atomic mass is 16.5. The quantitative estimate of drug-likeness (QED) is 0.587. The third kappa shape index (κ3) is 4.93. The van der Waals surface area contributed by atoms with Gasteiger partial charge in [-0.05, 0) is 38.8 Å². The van der Waals surface area contributed by atoms with Gasteiger partial charge in [0.1, 0.15) is 0 Å². The summed E-state index contributed by atoms with van der Waals surface area (Å²) in [5, 5.41) is 6.98. The Kier molecular flexibility index (Phi) is 6.60. The fourth-order valence-corrected chi connectivity index (χ4v) is 4.07. The molecule has 6 nitrogen and oxygen atoms in total. The summed E-state index contributed by atoms with van der Waals surface area (Å²) in [5.74, 6) is 0.872. The van der Waals surface area contributed by atoms with Crippen LogP contribution in [-0.2, 0) is 11.2 Å². The van der Waals surface area contributed by atoms with Gasteiger partial charge < -0.3 is 20.3 Å². The molecule has 0 aliphatic carbocycles. The Morgan fingerprint density at radius 2 is 1.96 bits per heavy atom. The van der Waals surface area contributed by atoms with Crippen molar-refractivity contribution in [2.45, 2.75) is 38.8 Å². The fraction of sp³-hybridized carbons (Fsp3) is 0.667. The van der Waals surface area contributed by atoms with Crippen molar-refractivity contribution >= 4 is 11.6 Å². The number of nitrogens with one attached hydrogen (secondary N) is 2. The van der Waals surface area contributed by atoms with Gasteiger partial charge in [0, 0.05) is 57.0 Å². The molecule has 0 radical (unpaired) electrons. The molecular formula is C21H35N5O. The topological polar surface area (TPSA) is 52.1 Å². The third-order valence-electron chi connectivity index (χ3n) is 5.77. The van der Waals surface area contributed by atoms with Crippen molar-refractivity contribution in [2.75, 3.05) is 57.9 Å². The van der Waals surface area contributed by atoms with Crippen LogP contribution in [0.5, 0.6) is 0 Å². The Bertz CT molecular complexity index is 639. The number of anilines is 1. The SMILES string of the molecule is CN=C(NCCN1c2ccccc2CC1C)NCC(C)(C)N1CCOCC1. The number of ether oxygens (including phenoxy) is 1. The van der Waals surface area contributed by atoms with E-state index in [2.05, 4.69) is 70.5 Å². The van der Waals surface area contributed by atoms with Gasteiger partial charge >= 0.3 is 0 Å². The molecular weight excluding hydrogens is 338 g/mol. The van der Waals surface area contributed by atoms with Crippen molar-refractivity contribution < 1.29 is 4.74 Å². The normalized spacial score (nSPS) is 21.3. The van der Waals surface area contributed by atoms with Gasteiger partial charge in [-0.3, -0.25) is 9.89 Å². The van der Waals surface area contributed by atoms with Crippen molar-refractivity contribution in [2.24, 2.45) is 4.99 Å². The molecule has 0 aromatic heterocycles. The summed E-state index contributed by atoms with van der Waals surface area (Å²) < 4.78 is 5.47. The Morgan fingerprint density at radius 1 is 1.22 bits per heavy atom. The molecule has 2 aliphatic heterocycles. The van der Waals surface area contributed by atoms with Gasteiger partial charge in [0.25, 0.3) is 0 Å². The van der Waals surface area contributed by atoms with Crippen LogP contribution in [0.1, 0.15) is 26.3 Å². The number of guanidine groups is 1. The van der Waals surface area contributed by atoms with Gasteiger partial charge in [-0.15, -0.1) is 0 Å². The van der Waals surface area contributed by atoms with E-state index >= 15 is 0 Å². The monoisotopic (exact) mass is 373 g/mol. The van der Waals surface area contributed by atoms with Crippen molar-refractivity contribution in [3.63, 3.8) is 0 Å². The van der Waals surface area contributed by atoms with Crippen LogP contribution in [0.3, 0.4) is 0 Å². The first-order valence-corrected chi connectivity index (χ1v) is 10.1. The zero-order valence-electron chi connectivity index (χ0n) is 17.3. The second kappa shape index (κ2) is 8.93. The number of aliphatic imine (C=N–C) groups is 1. The molecule has 0 saturated carbocycles. The van der Waals surface area contributed by atoms with E-state index in [9.17, 15) is 0 Å². The molecule has 1 saturated heterocycles. The lowest BCUT2D eigenvalue weighted by molar-refractivity contribution is -0.00833. The first-order chi connectivity index (χ1) is 13.0. The van der Waals surface area contributed by atoms with Gasteiger partial charge in [-0.2, -0.15) is 0 Å². The maximum atomic E-state index is 5.47. The molecule has 27 heavy (non-hydrogen) atoms. The average Bonchev–Trinajstić information content (AvgIpc) is 3.00. The summed E-state index contributed by atoms with van der Waals surface area (Å²) in [6.07, 6.45) is 1.14. The molecule has 0 amide bonds. The lowest BCUT2D eigenvalue weighted by Crippen LogP contribution is -2.56. The second-order valence-corrected chi connectivity index (χ2v) is 8.14. The molecule has 1 aromatic rings. The number of rotatable bonds is 6. The smallest absolute Gasteiger partial charge is 0.191 e. The Morgan fingerprint density at radius 3 is 2.70 bits per heavy atom. The van der Waals surface area contributed by atoms with E-state index in [1.165, 1.54) is 11.3 Å². The van der Waals surface area contributed by atoms with Crippen LogP contribution >= 0.6 is 0 Å². The number of nitrogens with zero attached hydrogens (tertiary/aromatic N) is 3. The maximum absolute atomic E-state index is 5.47. The number of hydrogen-bond acceptors (Lipinski definition) is 4. The highest BCUT2D eigenvalue weighted by Gasteiger charge is 2.28. The zero-order chi connectivity index (χ0) is 19.3. The van der Waals surface area contributed by atoms with Gasteiger partial charge in [0.2, 0.25) is 0 Å². The minimum Gasteiger partial charge on any atom is -0.379 e. The van der Waals surface area contributed by atoms with E-state index in [1.807, 2.05) is 7.05 Å². The molecule has 0 bridgehead atoms. The zero-order valence-corrected chi connectivity index (χ0v) is 17.3. The van der Waals surface area contributed by atoms with Gasteiger partial charge in [0.05, 0.1) is 13.2 Å². The van der Waals surface area contributed by atoms with Crippen molar-refractivity contribution in [1.29, 1.82) is 0 Å². The second-order valence-electron chi connectivity index (χ2n) is 8.14. The standard InChI is InChI=1S/C21H35N5O/c1-17-15-18-7-5-6-8-19(18)26(17)10-9-23-20(22-4)24-16-21(2,3)25-11-13-27-14-12-25/h5-8,17H,9-16H2,1-4H3,(H2,22,23,24). The van der Waals surface area contributed by atoms with Gasteiger partial charge in [-0.25, -0.2) is 0 Å². The van der Waals surface area contributed by atoms with Crippen LogP contribution in [0.25, 0.3) is 0 Å². The predicted octanol–water partition coefficient (Wildman–Crippen LogP) is 1.71. The fourth-order valence-electron chi connectivity index (χ4n) is 4.07. The molecule has 1 aromatic carbocycles. The van der Waals surface area contributed by atoms with Crippen LogP contribution in [0.2, 0.25) is 0 Å². The summed E-state index contributed by atoms with van der Waals surface area (Å²) in [6.45, 7) is 13.2. The van der Waals surface area contributed by atoms with Gasteiger partial charge in [-0.1, -0.05) is 18.2 Å². The minimum atomic E-state index is 0.0732. The van der Waals surface area contributed by atoms with Crippen LogP contribution in [0, 0.1) is 0 Å². The van der Waals surface area contributed by atoms with E-state index in [1.54, 1.807) is 0 Å². The molecule has 2 heterocycles. The molecule has 0 spiro atoms. The van der Waals surface area contributed by atoms with E-state index < -0.39 is 0 Å². The van der Waals surface area contributed by atoms with Crippen LogP contribution < -0.4 is 15.5 Å². The Hall–Kier alpha value is -1.79. The summed E-state index contributed by atoms with van der Waals surface area (Å²) in [7, 11) is 1.84. The largest absolute Gasteiger partial charge is 0.379 e. The molecule has 150 valence electrons. The number of benzene rings is 1. The highest BCUT2D eigenvalue weighted by molar-refractivity contribution is 5.79. The van der Waals surface area contributed by atoms with Crippen molar-refractivity contribution in [3.8, 4) is 0 Å². The summed E-state index contributed by atoms with van der Waals surface area (Å²) in [6, 6.07) is 9.30. The third-order valence-corrected chi connectivity index (χ3v) is 5.77. The van der Waals surface area contributed by atoms with E-state index in [0.717, 1.165) is 58.3 Å². The minimum absolute atomic E-state index is 0.0732. The van der Waals surface area contributed by atoms with Crippen LogP contribution in [0.4, 0.5) is 5.69 Å². The van der Waals surface area contributed by atoms with Crippen LogP contribution in [0.15, 0.2) is 29.3 Å². The molecule has 1 unspecified atom stereocenters. The summed E-state index contributed by atoms with van der Waals surface area (Å²) in [5.41, 5.74) is 2.91. The lowest BCUT2D eigenvalue weighted by Gasteiger charge is -2.41. The first kappa shape index (κ1) is 20.0. The van der Waals surface area contributed by atoms with E-state index in [4.69, 9.17) is 4.74 Å². The van der Waals surface area contributed by atoms with Gasteiger partial charge in [0.15, 0.2) is 5.96 Å². The molecule has 2 N–H and O–H groups in total. The highest BCUT2D eigenvalue weighted by Crippen LogP contribution is 2.31. The molecule has 6 heteroatoms. The Labute approximate surface area is 164 Å². The molecule has 1 fully saturated rings. The molecule has 2 aliphatic rings. The van der Waals surface area contributed by atoms with Crippen LogP contribution in [-0.4, -0.2) is 75.4 Å². The summed E-state index contributed by atoms with van der Waals surface area (Å²) >= 11 is 0. The first-order valence-electron chi connectivity index (χ1n) is 10.1. The maximum Gasteiger partial charge on any atom is 0.191 e. The Balaban J connectivity index is 1.46. The van der Waals surface area contributed by atoms with E-state index in [0.29, 0.717) is 6.04 Å². The molecule has 1 atom stereocenters. The number of morpholine rings is 1. The van der Waals surface area contributed by atoms with E-state index in [-0.39, 0.29) is 5.54 Å². The number of hydrogen-bond donors (Lipinski definition) is 2. The average molecular weight is 374 g/mol. The number of para-hydroxylation sites is 1. The van der Waals surface area contributed by atoms with Crippen molar-refractivity contribution in [3.05, 3.63) is 29.8 Å². The number of fused-ring (bicyclic) bond motifs is 1. The molecule has 3 rings (SSSR count). The predicted molar refractivity (Wildman–Crippen MR) is 113 cm³/mol.